The lowest BCUT2D eigenvalue weighted by atomic mass is 9.76. The maximum absolute atomic E-state index is 13.9. The lowest BCUT2D eigenvalue weighted by molar-refractivity contribution is -0.121. The van der Waals surface area contributed by atoms with Crippen LogP contribution in [0, 0.1) is 0 Å². The van der Waals surface area contributed by atoms with Crippen molar-refractivity contribution >= 4 is 50.4 Å². The third-order valence-corrected chi connectivity index (χ3v) is 14.0. The first-order chi connectivity index (χ1) is 31.5. The van der Waals surface area contributed by atoms with Crippen LogP contribution in [0.15, 0.2) is 155 Å². The van der Waals surface area contributed by atoms with Gasteiger partial charge in [-0.1, -0.05) is 126 Å². The number of hydrogen-bond donors (Lipinski definition) is 2. The van der Waals surface area contributed by atoms with Gasteiger partial charge in [0.1, 0.15) is 23.9 Å². The van der Waals surface area contributed by atoms with Gasteiger partial charge in [0.2, 0.25) is 27.6 Å². The Morgan fingerprint density at radius 1 is 0.667 bits per heavy atom. The highest BCUT2D eigenvalue weighted by Crippen LogP contribution is 2.39. The van der Waals surface area contributed by atoms with Crippen LogP contribution in [0.1, 0.15) is 94.3 Å². The van der Waals surface area contributed by atoms with Crippen LogP contribution < -0.4 is 24.8 Å². The molecule has 0 aliphatic rings. The van der Waals surface area contributed by atoms with Crippen molar-refractivity contribution in [2.45, 2.75) is 101 Å². The first-order valence-corrected chi connectivity index (χ1v) is 23.9. The number of Topliss-reactive ketones (excluding diaryl/α,β-unsaturated/α-hetero) is 1. The van der Waals surface area contributed by atoms with Gasteiger partial charge in [-0.3, -0.25) is 14.4 Å². The van der Waals surface area contributed by atoms with Gasteiger partial charge in [0.15, 0.2) is 0 Å². The molecule has 1 atom stereocenters. The number of carbonyl (C=O) groups excluding carboxylic acids is 3. The maximum Gasteiger partial charge on any atom is 0.273 e. The number of halogens is 1. The SMILES string of the molecule is CCC(C)(C)c1ccc(OCCCC(=O)Nc2ccc(Cl)c(NC(=O)[C@H](Oc3ccc(S(=O)(=O)c4ccc(OCc5ccccc5)cc4)cc3)C(=O)c3ccccc3)c2)c(C(C)(C)CC)c1. The van der Waals surface area contributed by atoms with E-state index < -0.39 is 27.6 Å². The number of benzene rings is 6. The highest BCUT2D eigenvalue weighted by molar-refractivity contribution is 7.91. The average Bonchev–Trinajstić information content (AvgIpc) is 3.33. The Bertz CT molecular complexity index is 2720. The van der Waals surface area contributed by atoms with Crippen LogP contribution in [0.2, 0.25) is 5.02 Å². The Hall–Kier alpha value is -6.43. The van der Waals surface area contributed by atoms with Crippen LogP contribution in [0.4, 0.5) is 11.4 Å². The van der Waals surface area contributed by atoms with Gasteiger partial charge in [0.05, 0.1) is 27.1 Å². The number of anilines is 2. The number of ether oxygens (including phenoxy) is 3. The van der Waals surface area contributed by atoms with E-state index in [4.69, 9.17) is 25.8 Å². The predicted octanol–water partition coefficient (Wildman–Crippen LogP) is 12.2. The number of hydrogen-bond acceptors (Lipinski definition) is 8. The number of ketones is 1. The van der Waals surface area contributed by atoms with Gasteiger partial charge in [-0.2, -0.15) is 0 Å². The highest BCUT2D eigenvalue weighted by Gasteiger charge is 2.31. The monoisotopic (exact) mass is 928 g/mol. The summed E-state index contributed by atoms with van der Waals surface area (Å²) in [4.78, 5) is 40.9. The molecule has 0 aromatic heterocycles. The summed E-state index contributed by atoms with van der Waals surface area (Å²) in [5.41, 5.74) is 4.06. The van der Waals surface area contributed by atoms with Gasteiger partial charge in [0, 0.05) is 23.2 Å². The molecule has 0 radical (unpaired) electrons. The maximum atomic E-state index is 13.9. The highest BCUT2D eigenvalue weighted by atomic mass is 35.5. The molecule has 0 aliphatic heterocycles. The van der Waals surface area contributed by atoms with Crippen LogP contribution in [-0.4, -0.2) is 38.7 Å². The standard InChI is InChI=1S/C54H57ClN2O8S/c1-7-53(3,4)39-21-32-48(45(34-39)54(5,6)8-2)63-33-15-20-49(58)56-40-22-31-46(55)47(35-40)57-52(60)51(50(59)38-18-13-10-14-19-38)65-42-25-29-44(30-26-42)66(61,62)43-27-23-41(24-28-43)64-36-37-16-11-9-12-17-37/h9-14,16-19,21-32,34-35,51H,7-8,15,20,33,36H2,1-6H3,(H,56,58)(H,57,60)/t51-/m1/s1. The molecule has 0 aliphatic carbocycles. The molecule has 0 bridgehead atoms. The van der Waals surface area contributed by atoms with Crippen molar-refractivity contribution in [2.75, 3.05) is 17.2 Å². The predicted molar refractivity (Wildman–Crippen MR) is 261 cm³/mol. The Kier molecular flexibility index (Phi) is 16.1. The van der Waals surface area contributed by atoms with Crippen molar-refractivity contribution in [1.82, 2.24) is 0 Å². The zero-order valence-electron chi connectivity index (χ0n) is 38.2. The van der Waals surface area contributed by atoms with E-state index in [-0.39, 0.29) is 55.0 Å². The van der Waals surface area contributed by atoms with Crippen LogP contribution in [0.5, 0.6) is 17.2 Å². The lowest BCUT2D eigenvalue weighted by Gasteiger charge is -2.30. The van der Waals surface area contributed by atoms with E-state index in [1.54, 1.807) is 48.5 Å². The normalized spacial score (nSPS) is 12.2. The molecule has 10 nitrogen and oxygen atoms in total. The van der Waals surface area contributed by atoms with Crippen molar-refractivity contribution in [3.8, 4) is 17.2 Å². The Morgan fingerprint density at radius 2 is 1.27 bits per heavy atom. The van der Waals surface area contributed by atoms with Crippen LogP contribution in [0.3, 0.4) is 0 Å². The molecule has 0 saturated carbocycles. The number of rotatable bonds is 21. The van der Waals surface area contributed by atoms with Gasteiger partial charge >= 0.3 is 0 Å². The summed E-state index contributed by atoms with van der Waals surface area (Å²) in [6, 6.07) is 40.4. The molecule has 2 N–H and O–H groups in total. The summed E-state index contributed by atoms with van der Waals surface area (Å²) in [5, 5.41) is 5.71. The zero-order chi connectivity index (χ0) is 47.5. The van der Waals surface area contributed by atoms with Gasteiger partial charge < -0.3 is 24.8 Å². The molecule has 0 spiro atoms. The van der Waals surface area contributed by atoms with Gasteiger partial charge in [-0.05, 0) is 114 Å². The third-order valence-electron chi connectivity index (χ3n) is 11.9. The van der Waals surface area contributed by atoms with E-state index in [0.717, 1.165) is 29.7 Å². The molecule has 0 heterocycles. The minimum absolute atomic E-state index is 0.0205. The molecule has 66 heavy (non-hydrogen) atoms. The van der Waals surface area contributed by atoms with E-state index >= 15 is 0 Å². The van der Waals surface area contributed by atoms with Gasteiger partial charge in [-0.15, -0.1) is 0 Å². The van der Waals surface area contributed by atoms with Crippen molar-refractivity contribution in [1.29, 1.82) is 0 Å². The Morgan fingerprint density at radius 3 is 1.89 bits per heavy atom. The number of nitrogens with one attached hydrogen (secondary N) is 2. The second-order valence-corrected chi connectivity index (χ2v) is 19.7. The Labute approximate surface area is 393 Å². The number of carbonyl (C=O) groups is 3. The average molecular weight is 930 g/mol. The molecule has 344 valence electrons. The van der Waals surface area contributed by atoms with E-state index in [2.05, 4.69) is 64.3 Å². The summed E-state index contributed by atoms with van der Waals surface area (Å²) in [5.74, 6) is -0.340. The fourth-order valence-electron chi connectivity index (χ4n) is 6.94. The summed E-state index contributed by atoms with van der Waals surface area (Å²) >= 11 is 6.52. The second kappa shape index (κ2) is 21.7. The van der Waals surface area contributed by atoms with Crippen molar-refractivity contribution in [3.05, 3.63) is 173 Å². The minimum atomic E-state index is -3.94. The molecule has 2 amide bonds. The minimum Gasteiger partial charge on any atom is -0.493 e. The Balaban J connectivity index is 1.09. The molecule has 0 fully saturated rings. The summed E-state index contributed by atoms with van der Waals surface area (Å²) < 4.78 is 45.2. The fourth-order valence-corrected chi connectivity index (χ4v) is 8.37. The van der Waals surface area contributed by atoms with E-state index in [0.29, 0.717) is 31.1 Å². The van der Waals surface area contributed by atoms with Gasteiger partial charge in [0.25, 0.3) is 5.91 Å². The first-order valence-electron chi connectivity index (χ1n) is 22.1. The van der Waals surface area contributed by atoms with E-state index in [9.17, 15) is 22.8 Å². The van der Waals surface area contributed by atoms with Crippen molar-refractivity contribution in [3.63, 3.8) is 0 Å². The van der Waals surface area contributed by atoms with Crippen LogP contribution in [0.25, 0.3) is 0 Å². The largest absolute Gasteiger partial charge is 0.493 e. The smallest absolute Gasteiger partial charge is 0.273 e. The lowest BCUT2D eigenvalue weighted by Crippen LogP contribution is -2.40. The van der Waals surface area contributed by atoms with Crippen LogP contribution >= 0.6 is 11.6 Å². The van der Waals surface area contributed by atoms with Crippen LogP contribution in [-0.2, 0) is 36.9 Å². The molecule has 6 aromatic carbocycles. The van der Waals surface area contributed by atoms with Crippen molar-refractivity contribution in [2.24, 2.45) is 0 Å². The number of amides is 2. The third kappa shape index (κ3) is 12.5. The molecule has 0 unspecified atom stereocenters. The quantitative estimate of drug-likeness (QED) is 0.0413. The van der Waals surface area contributed by atoms with Crippen molar-refractivity contribution < 1.29 is 37.0 Å². The molecule has 0 saturated heterocycles. The molecule has 6 aromatic rings. The van der Waals surface area contributed by atoms with E-state index in [1.807, 2.05) is 36.4 Å². The molecular formula is C54H57ClN2O8S. The van der Waals surface area contributed by atoms with Gasteiger partial charge in [-0.25, -0.2) is 8.42 Å². The topological polar surface area (TPSA) is 137 Å². The molecule has 6 rings (SSSR count). The summed E-state index contributed by atoms with van der Waals surface area (Å²) in [6.07, 6.45) is 0.884. The number of sulfone groups is 1. The summed E-state index contributed by atoms with van der Waals surface area (Å²) in [7, 11) is -3.94. The second-order valence-electron chi connectivity index (χ2n) is 17.3. The molecule has 12 heteroatoms. The molecular weight excluding hydrogens is 872 g/mol. The fraction of sp³-hybridized carbons (Fsp3) is 0.278. The zero-order valence-corrected chi connectivity index (χ0v) is 39.8. The van der Waals surface area contributed by atoms with E-state index in [1.165, 1.54) is 54.1 Å². The first kappa shape index (κ1) is 49.0. The summed E-state index contributed by atoms with van der Waals surface area (Å²) in [6.45, 7) is 13.9.